The lowest BCUT2D eigenvalue weighted by atomic mass is 9.97. The Bertz CT molecular complexity index is 1090. The summed E-state index contributed by atoms with van der Waals surface area (Å²) in [6.07, 6.45) is -12.5. The van der Waals surface area contributed by atoms with E-state index < -0.39 is 115 Å². The fraction of sp³-hybridized carbons (Fsp3) is 0.731. The minimum Gasteiger partial charge on any atom is -0.463 e. The van der Waals surface area contributed by atoms with Gasteiger partial charge in [0.1, 0.15) is 18.8 Å². The van der Waals surface area contributed by atoms with Crippen molar-refractivity contribution in [1.29, 1.82) is 0 Å². The molecule has 248 valence electrons. The quantitative estimate of drug-likeness (QED) is 0.158. The summed E-state index contributed by atoms with van der Waals surface area (Å²) in [7, 11) is 0. The zero-order valence-electron chi connectivity index (χ0n) is 25.0. The monoisotopic (exact) mass is 698 g/mol. The van der Waals surface area contributed by atoms with E-state index in [1.807, 2.05) is 0 Å². The standard InChI is InChI=1S/C26H35BrO17/c1-10(28)35-8-18-20(38-12(3)30)22(40-14(5)32)24(42-16(7)34)26(44-18)36-9-17-19(37-11(2)29)21(39-13(4)31)23(25(27)43-17)41-15(6)33/h17-26H,8-9H2,1-7H3/t17-,18-,19-,20-,21+,22+,23-,24-,25+,26-/m1/s1. The van der Waals surface area contributed by atoms with Gasteiger partial charge in [-0.15, -0.1) is 0 Å². The van der Waals surface area contributed by atoms with Crippen molar-refractivity contribution in [3.8, 4) is 0 Å². The average Bonchev–Trinajstić information content (AvgIpc) is 2.87. The normalized spacial score (nSPS) is 31.5. The number of hydrogen-bond acceptors (Lipinski definition) is 17. The van der Waals surface area contributed by atoms with Gasteiger partial charge in [-0.3, -0.25) is 33.6 Å². The summed E-state index contributed by atoms with van der Waals surface area (Å²) in [5.41, 5.74) is 0. The molecule has 2 aliphatic rings. The van der Waals surface area contributed by atoms with Crippen LogP contribution in [0, 0.1) is 0 Å². The third kappa shape index (κ3) is 11.0. The van der Waals surface area contributed by atoms with Crippen molar-refractivity contribution in [3.63, 3.8) is 0 Å². The third-order valence-corrected chi connectivity index (χ3v) is 6.59. The zero-order valence-corrected chi connectivity index (χ0v) is 26.6. The molecular formula is C26H35BrO17. The van der Waals surface area contributed by atoms with Gasteiger partial charge in [0, 0.05) is 48.5 Å². The molecule has 0 bridgehead atoms. The summed E-state index contributed by atoms with van der Waals surface area (Å²) in [5.74, 6) is -5.55. The van der Waals surface area contributed by atoms with Crippen molar-refractivity contribution in [2.24, 2.45) is 0 Å². The number of carbonyl (C=O) groups excluding carboxylic acids is 7. The van der Waals surface area contributed by atoms with Crippen LogP contribution in [-0.4, -0.2) is 115 Å². The highest BCUT2D eigenvalue weighted by Crippen LogP contribution is 2.34. The molecule has 0 aromatic rings. The van der Waals surface area contributed by atoms with Gasteiger partial charge < -0.3 is 47.4 Å². The largest absolute Gasteiger partial charge is 0.463 e. The molecule has 0 aromatic heterocycles. The molecule has 0 N–H and O–H groups in total. The van der Waals surface area contributed by atoms with Crippen LogP contribution >= 0.6 is 15.9 Å². The molecule has 0 aliphatic carbocycles. The maximum absolute atomic E-state index is 12.1. The number of alkyl halides is 1. The number of ether oxygens (including phenoxy) is 10. The first-order chi connectivity index (χ1) is 20.5. The van der Waals surface area contributed by atoms with Crippen LogP contribution in [-0.2, 0) is 80.9 Å². The highest BCUT2D eigenvalue weighted by atomic mass is 79.9. The van der Waals surface area contributed by atoms with Crippen molar-refractivity contribution >= 4 is 57.7 Å². The van der Waals surface area contributed by atoms with Crippen molar-refractivity contribution in [2.75, 3.05) is 13.2 Å². The van der Waals surface area contributed by atoms with E-state index in [1.54, 1.807) is 0 Å². The Balaban J connectivity index is 2.48. The van der Waals surface area contributed by atoms with E-state index in [0.717, 1.165) is 48.5 Å². The average molecular weight is 699 g/mol. The minimum atomic E-state index is -1.58. The van der Waals surface area contributed by atoms with E-state index in [-0.39, 0.29) is 0 Å². The molecule has 2 fully saturated rings. The topological polar surface area (TPSA) is 212 Å². The molecule has 0 unspecified atom stereocenters. The molecule has 0 radical (unpaired) electrons. The van der Waals surface area contributed by atoms with E-state index in [0.29, 0.717) is 0 Å². The molecular weight excluding hydrogens is 664 g/mol. The maximum Gasteiger partial charge on any atom is 0.303 e. The molecule has 17 nitrogen and oxygen atoms in total. The van der Waals surface area contributed by atoms with E-state index >= 15 is 0 Å². The number of carbonyl (C=O) groups is 7. The molecule has 0 aromatic carbocycles. The van der Waals surface area contributed by atoms with Crippen LogP contribution in [0.4, 0.5) is 0 Å². The fourth-order valence-electron chi connectivity index (χ4n) is 4.49. The van der Waals surface area contributed by atoms with E-state index in [4.69, 9.17) is 47.4 Å². The van der Waals surface area contributed by atoms with Gasteiger partial charge in [0.2, 0.25) is 0 Å². The number of hydrogen-bond donors (Lipinski definition) is 0. The van der Waals surface area contributed by atoms with Gasteiger partial charge in [-0.1, -0.05) is 15.9 Å². The summed E-state index contributed by atoms with van der Waals surface area (Å²) in [4.78, 5) is 83.3. The second-order valence-electron chi connectivity index (χ2n) is 9.65. The van der Waals surface area contributed by atoms with E-state index in [9.17, 15) is 33.6 Å². The van der Waals surface area contributed by atoms with Gasteiger partial charge in [0.05, 0.1) is 6.61 Å². The number of esters is 7. The fourth-order valence-corrected chi connectivity index (χ4v) is 5.17. The van der Waals surface area contributed by atoms with Crippen molar-refractivity contribution in [3.05, 3.63) is 0 Å². The van der Waals surface area contributed by atoms with E-state index in [1.165, 1.54) is 0 Å². The molecule has 2 heterocycles. The molecule has 18 heteroatoms. The van der Waals surface area contributed by atoms with Crippen molar-refractivity contribution < 1.29 is 80.9 Å². The Labute approximate surface area is 260 Å². The summed E-state index contributed by atoms with van der Waals surface area (Å²) in [6.45, 7) is 6.61. The van der Waals surface area contributed by atoms with Crippen LogP contribution in [0.1, 0.15) is 48.5 Å². The van der Waals surface area contributed by atoms with Crippen LogP contribution < -0.4 is 0 Å². The second-order valence-corrected chi connectivity index (χ2v) is 10.6. The first-order valence-corrected chi connectivity index (χ1v) is 14.1. The Morgan fingerprint density at radius 3 is 1.27 bits per heavy atom. The van der Waals surface area contributed by atoms with Gasteiger partial charge in [-0.2, -0.15) is 0 Å². The first-order valence-electron chi connectivity index (χ1n) is 13.2. The maximum atomic E-state index is 12.1. The third-order valence-electron chi connectivity index (χ3n) is 5.86. The highest BCUT2D eigenvalue weighted by molar-refractivity contribution is 9.09. The summed E-state index contributed by atoms with van der Waals surface area (Å²) in [5, 5.41) is -1.09. The smallest absolute Gasteiger partial charge is 0.303 e. The lowest BCUT2D eigenvalue weighted by molar-refractivity contribution is -0.317. The molecule has 2 rings (SSSR count). The lowest BCUT2D eigenvalue weighted by Crippen LogP contribution is -2.64. The van der Waals surface area contributed by atoms with Crippen LogP contribution in [0.25, 0.3) is 0 Å². The SMILES string of the molecule is CC(=O)OC[C@H]1O[C@@H](OC[C@H]2O[C@H](Br)[C@H](OC(C)=O)[C@@H](OC(C)=O)[C@@H]2OC(C)=O)[C@H](OC(C)=O)[C@@H](OC(C)=O)[C@@H]1OC(C)=O. The predicted molar refractivity (Wildman–Crippen MR) is 142 cm³/mol. The summed E-state index contributed by atoms with van der Waals surface area (Å²) >= 11 is 3.23. The molecule has 44 heavy (non-hydrogen) atoms. The van der Waals surface area contributed by atoms with Crippen molar-refractivity contribution in [2.45, 2.75) is 109 Å². The zero-order chi connectivity index (χ0) is 33.3. The van der Waals surface area contributed by atoms with Gasteiger partial charge in [-0.05, 0) is 0 Å². The molecule has 10 atom stereocenters. The van der Waals surface area contributed by atoms with Crippen LogP contribution in [0.15, 0.2) is 0 Å². The van der Waals surface area contributed by atoms with Gasteiger partial charge in [0.25, 0.3) is 0 Å². The van der Waals surface area contributed by atoms with Crippen LogP contribution in [0.5, 0.6) is 0 Å². The predicted octanol–water partition coefficient (Wildman–Crippen LogP) is 0.00100. The summed E-state index contributed by atoms with van der Waals surface area (Å²) in [6, 6.07) is 0. The second kappa shape index (κ2) is 16.6. The molecule has 0 amide bonds. The van der Waals surface area contributed by atoms with Crippen molar-refractivity contribution in [1.82, 2.24) is 0 Å². The molecule has 2 aliphatic heterocycles. The lowest BCUT2D eigenvalue weighted by Gasteiger charge is -2.45. The van der Waals surface area contributed by atoms with Gasteiger partial charge in [-0.25, -0.2) is 0 Å². The van der Waals surface area contributed by atoms with Gasteiger partial charge >= 0.3 is 41.8 Å². The van der Waals surface area contributed by atoms with Crippen LogP contribution in [0.2, 0.25) is 0 Å². The van der Waals surface area contributed by atoms with Crippen LogP contribution in [0.3, 0.4) is 0 Å². The Morgan fingerprint density at radius 1 is 0.477 bits per heavy atom. The highest BCUT2D eigenvalue weighted by Gasteiger charge is 2.55. The summed E-state index contributed by atoms with van der Waals surface area (Å²) < 4.78 is 54.8. The first kappa shape index (κ1) is 36.8. The molecule has 2 saturated heterocycles. The molecule has 0 saturated carbocycles. The van der Waals surface area contributed by atoms with E-state index in [2.05, 4.69) is 15.9 Å². The Hall–Kier alpha value is -3.35. The Kier molecular flexibility index (Phi) is 13.9. The van der Waals surface area contributed by atoms with Gasteiger partial charge in [0.15, 0.2) is 47.9 Å². The minimum absolute atomic E-state index is 0.490. The number of halogens is 1. The Morgan fingerprint density at radius 2 is 0.841 bits per heavy atom. The molecule has 0 spiro atoms. The number of rotatable bonds is 11.